The number of methoxy groups -OCH3 is 1. The summed E-state index contributed by atoms with van der Waals surface area (Å²) in [5.74, 6) is 0.854. The summed E-state index contributed by atoms with van der Waals surface area (Å²) in [6, 6.07) is 19.2. The van der Waals surface area contributed by atoms with E-state index in [0.717, 1.165) is 79.5 Å². The number of carbonyl (C=O) groups excluding carboxylic acids is 1. The number of hydrogen-bond donors (Lipinski definition) is 0. The molecule has 0 spiro atoms. The van der Waals surface area contributed by atoms with Gasteiger partial charge in [0.2, 0.25) is 5.91 Å². The van der Waals surface area contributed by atoms with E-state index in [-0.39, 0.29) is 5.91 Å². The molecule has 200 valence electrons. The second kappa shape index (κ2) is 10.9. The number of piperidine rings is 1. The van der Waals surface area contributed by atoms with Gasteiger partial charge < -0.3 is 23.8 Å². The maximum absolute atomic E-state index is 13.5. The van der Waals surface area contributed by atoms with Crippen LogP contribution in [-0.4, -0.2) is 60.3 Å². The highest BCUT2D eigenvalue weighted by Crippen LogP contribution is 2.29. The molecule has 4 aromatic rings. The first-order valence-electron chi connectivity index (χ1n) is 13.6. The lowest BCUT2D eigenvalue weighted by Crippen LogP contribution is -2.36. The number of fused-ring (bicyclic) bond motifs is 1. The fraction of sp³-hybridized carbons (Fsp3) is 0.312. The molecule has 0 bridgehead atoms. The van der Waals surface area contributed by atoms with E-state index in [1.54, 1.807) is 13.4 Å². The summed E-state index contributed by atoms with van der Waals surface area (Å²) in [7, 11) is 1.67. The normalized spacial score (nSPS) is 17.3. The molecule has 0 N–H and O–H groups in total. The Labute approximate surface area is 229 Å². The van der Waals surface area contributed by atoms with Crippen molar-refractivity contribution in [2.45, 2.75) is 26.3 Å². The number of carbonyl (C=O) groups is 1. The molecular formula is C32H34N4O3. The highest BCUT2D eigenvalue weighted by Gasteiger charge is 2.23. The van der Waals surface area contributed by atoms with Gasteiger partial charge in [0.1, 0.15) is 5.75 Å². The molecule has 0 radical (unpaired) electrons. The average Bonchev–Trinajstić information content (AvgIpc) is 3.41. The molecule has 1 amide bonds. The first-order chi connectivity index (χ1) is 19.1. The van der Waals surface area contributed by atoms with Crippen LogP contribution in [0.2, 0.25) is 0 Å². The van der Waals surface area contributed by atoms with Gasteiger partial charge in [0, 0.05) is 43.6 Å². The van der Waals surface area contributed by atoms with Crippen LogP contribution in [0.25, 0.3) is 22.5 Å². The molecule has 7 heteroatoms. The van der Waals surface area contributed by atoms with Gasteiger partial charge in [0.25, 0.3) is 0 Å². The Kier molecular flexibility index (Phi) is 7.07. The number of hydrogen-bond acceptors (Lipinski definition) is 5. The number of imidazole rings is 1. The molecule has 3 heterocycles. The fourth-order valence-corrected chi connectivity index (χ4v) is 5.53. The third-order valence-corrected chi connectivity index (χ3v) is 7.61. The van der Waals surface area contributed by atoms with E-state index in [1.165, 1.54) is 16.5 Å². The van der Waals surface area contributed by atoms with Gasteiger partial charge in [-0.1, -0.05) is 24.3 Å². The summed E-state index contributed by atoms with van der Waals surface area (Å²) in [6.07, 6.45) is 7.49. The zero-order chi connectivity index (χ0) is 26.8. The first kappa shape index (κ1) is 25.2. The number of aromatic nitrogens is 2. The minimum absolute atomic E-state index is 0.109. The van der Waals surface area contributed by atoms with Gasteiger partial charge >= 0.3 is 0 Å². The predicted molar refractivity (Wildman–Crippen MR) is 154 cm³/mol. The van der Waals surface area contributed by atoms with Crippen molar-refractivity contribution in [3.63, 3.8) is 0 Å². The Bertz CT molecular complexity index is 1530. The molecule has 7 nitrogen and oxygen atoms in total. The van der Waals surface area contributed by atoms with Crippen LogP contribution in [0.15, 0.2) is 72.7 Å². The number of morpholine rings is 1. The molecule has 3 aromatic carbocycles. The van der Waals surface area contributed by atoms with E-state index in [9.17, 15) is 4.79 Å². The molecule has 2 aliphatic heterocycles. The minimum Gasteiger partial charge on any atom is -0.495 e. The van der Waals surface area contributed by atoms with Crippen LogP contribution in [-0.2, 0) is 16.1 Å². The van der Waals surface area contributed by atoms with Gasteiger partial charge in [0.05, 0.1) is 38.0 Å². The number of nitrogens with zero attached hydrogens (tertiary/aromatic N) is 4. The number of rotatable bonds is 6. The van der Waals surface area contributed by atoms with Crippen molar-refractivity contribution >= 4 is 28.4 Å². The van der Waals surface area contributed by atoms with Gasteiger partial charge in [-0.2, -0.15) is 0 Å². The molecule has 0 atom stereocenters. The lowest BCUT2D eigenvalue weighted by Gasteiger charge is -2.29. The quantitative estimate of drug-likeness (QED) is 0.318. The van der Waals surface area contributed by atoms with Crippen molar-refractivity contribution in [1.29, 1.82) is 0 Å². The van der Waals surface area contributed by atoms with E-state index >= 15 is 0 Å². The first-order valence-corrected chi connectivity index (χ1v) is 13.6. The SMILES string of the molecule is COc1cc(C=C2CCCN(Cc3ccc4cc(N5CCOCC5)ccc4c3)C2=O)ccc1-n1cnc(C)c1. The van der Waals surface area contributed by atoms with E-state index in [2.05, 4.69) is 46.3 Å². The summed E-state index contributed by atoms with van der Waals surface area (Å²) < 4.78 is 13.1. The van der Waals surface area contributed by atoms with Crippen molar-refractivity contribution in [1.82, 2.24) is 14.5 Å². The number of amides is 1. The maximum Gasteiger partial charge on any atom is 0.250 e. The van der Waals surface area contributed by atoms with Crippen molar-refractivity contribution in [2.75, 3.05) is 44.9 Å². The third-order valence-electron chi connectivity index (χ3n) is 7.61. The molecule has 0 saturated carbocycles. The molecule has 2 fully saturated rings. The van der Waals surface area contributed by atoms with Gasteiger partial charge in [-0.3, -0.25) is 4.79 Å². The zero-order valence-corrected chi connectivity index (χ0v) is 22.6. The van der Waals surface area contributed by atoms with Crippen LogP contribution in [0, 0.1) is 6.92 Å². The summed E-state index contributed by atoms with van der Waals surface area (Å²) in [4.78, 5) is 22.1. The zero-order valence-electron chi connectivity index (χ0n) is 22.6. The van der Waals surface area contributed by atoms with Crippen molar-refractivity contribution in [2.24, 2.45) is 0 Å². The van der Waals surface area contributed by atoms with Crippen LogP contribution in [0.1, 0.15) is 29.7 Å². The number of likely N-dealkylation sites (tertiary alicyclic amines) is 1. The van der Waals surface area contributed by atoms with Crippen LogP contribution in [0.5, 0.6) is 5.75 Å². The van der Waals surface area contributed by atoms with Gasteiger partial charge in [-0.05, 0) is 78.1 Å². The lowest BCUT2D eigenvalue weighted by molar-refractivity contribution is -0.129. The monoisotopic (exact) mass is 522 g/mol. The smallest absolute Gasteiger partial charge is 0.250 e. The second-order valence-electron chi connectivity index (χ2n) is 10.3. The van der Waals surface area contributed by atoms with E-state index < -0.39 is 0 Å². The maximum atomic E-state index is 13.5. The number of ether oxygens (including phenoxy) is 2. The fourth-order valence-electron chi connectivity index (χ4n) is 5.53. The molecule has 0 aliphatic carbocycles. The van der Waals surface area contributed by atoms with E-state index in [0.29, 0.717) is 6.54 Å². The molecule has 2 aliphatic rings. The highest BCUT2D eigenvalue weighted by molar-refractivity contribution is 5.98. The Morgan fingerprint density at radius 3 is 2.62 bits per heavy atom. The molecule has 2 saturated heterocycles. The largest absolute Gasteiger partial charge is 0.495 e. The Morgan fingerprint density at radius 1 is 1.00 bits per heavy atom. The number of benzene rings is 3. The van der Waals surface area contributed by atoms with Gasteiger partial charge in [0.15, 0.2) is 0 Å². The number of aryl methyl sites for hydroxylation is 1. The molecule has 0 unspecified atom stereocenters. The summed E-state index contributed by atoms with van der Waals surface area (Å²) >= 11 is 0. The molecule has 6 rings (SSSR count). The predicted octanol–water partition coefficient (Wildman–Crippen LogP) is 5.39. The van der Waals surface area contributed by atoms with Gasteiger partial charge in [-0.25, -0.2) is 4.98 Å². The third kappa shape index (κ3) is 5.40. The Hall–Kier alpha value is -4.10. The average molecular weight is 523 g/mol. The second-order valence-corrected chi connectivity index (χ2v) is 10.3. The minimum atomic E-state index is 0.109. The van der Waals surface area contributed by atoms with Crippen molar-refractivity contribution in [3.8, 4) is 11.4 Å². The summed E-state index contributed by atoms with van der Waals surface area (Å²) in [6.45, 7) is 6.76. The van der Waals surface area contributed by atoms with Crippen LogP contribution >= 0.6 is 0 Å². The lowest BCUT2D eigenvalue weighted by atomic mass is 9.99. The van der Waals surface area contributed by atoms with E-state index in [1.807, 2.05) is 46.9 Å². The summed E-state index contributed by atoms with van der Waals surface area (Å²) in [5.41, 5.74) is 6.05. The van der Waals surface area contributed by atoms with Crippen LogP contribution in [0.3, 0.4) is 0 Å². The standard InChI is InChI=1S/C32H34N4O3/c1-23-20-36(22-33-23)30-10-6-24(18-31(30)38-2)16-28-4-3-11-35(32(28)37)21-25-5-7-27-19-29(9-8-26(27)17-25)34-12-14-39-15-13-34/h5-10,16-20,22H,3-4,11-15,21H2,1-2H3. The molecular weight excluding hydrogens is 488 g/mol. The van der Waals surface area contributed by atoms with Crippen molar-refractivity contribution in [3.05, 3.63) is 89.5 Å². The van der Waals surface area contributed by atoms with Crippen LogP contribution in [0.4, 0.5) is 5.69 Å². The van der Waals surface area contributed by atoms with Crippen molar-refractivity contribution < 1.29 is 14.3 Å². The Balaban J connectivity index is 1.18. The highest BCUT2D eigenvalue weighted by atomic mass is 16.5. The van der Waals surface area contributed by atoms with Gasteiger partial charge in [-0.15, -0.1) is 0 Å². The number of anilines is 1. The topological polar surface area (TPSA) is 59.8 Å². The molecule has 39 heavy (non-hydrogen) atoms. The Morgan fingerprint density at radius 2 is 1.82 bits per heavy atom. The summed E-state index contributed by atoms with van der Waals surface area (Å²) in [5, 5.41) is 2.42. The van der Waals surface area contributed by atoms with Crippen LogP contribution < -0.4 is 9.64 Å². The molecule has 1 aromatic heterocycles. The van der Waals surface area contributed by atoms with E-state index in [4.69, 9.17) is 9.47 Å².